The zero-order chi connectivity index (χ0) is 5.54. The molecule has 0 aliphatic carbocycles. The molecule has 0 spiro atoms. The van der Waals surface area contributed by atoms with Crippen LogP contribution in [0.1, 0.15) is 0 Å². The van der Waals surface area contributed by atoms with Gasteiger partial charge in [0.15, 0.2) is 0 Å². The van der Waals surface area contributed by atoms with Crippen LogP contribution in [0.2, 0.25) is 0 Å². The molecule has 5 heteroatoms. The van der Waals surface area contributed by atoms with E-state index in [1.165, 1.54) is 0 Å². The highest BCUT2D eigenvalue weighted by Gasteiger charge is 1.72. The fourth-order valence-corrected chi connectivity index (χ4v) is 0.155. The molecule has 0 saturated carbocycles. The zero-order valence-electron chi connectivity index (χ0n) is 4.50. The second-order valence-corrected chi connectivity index (χ2v) is 0.824. The maximum atomic E-state index is 3.53. The Morgan fingerprint density at radius 1 is 1.00 bits per heavy atom. The molecular weight excluding hydrogens is 90.9 g/mol. The summed E-state index contributed by atoms with van der Waals surface area (Å²) < 4.78 is 0. The summed E-state index contributed by atoms with van der Waals surface area (Å²) >= 11 is 0. The lowest BCUT2D eigenvalue weighted by atomic mass is 10.3. The highest BCUT2D eigenvalue weighted by atomic mass is 15.1. The molecule has 4 nitrogen and oxygen atoms in total. The Bertz CT molecular complexity index is 67.8. The van der Waals surface area contributed by atoms with Crippen LogP contribution < -0.4 is 0 Å². The van der Waals surface area contributed by atoms with Gasteiger partial charge in [0, 0.05) is 14.1 Å². The van der Waals surface area contributed by atoms with Gasteiger partial charge < -0.3 is 0 Å². The number of hydrogen-bond acceptors (Lipinski definition) is 4. The van der Waals surface area contributed by atoms with Crippen molar-refractivity contribution in [3.8, 4) is 0 Å². The van der Waals surface area contributed by atoms with Gasteiger partial charge in [-0.3, -0.25) is 0 Å². The van der Waals surface area contributed by atoms with E-state index in [0.717, 1.165) is 0 Å². The van der Waals surface area contributed by atoms with Crippen molar-refractivity contribution < 1.29 is 0 Å². The first kappa shape index (κ1) is 6.26. The molecule has 0 aliphatic heterocycles. The van der Waals surface area contributed by atoms with Gasteiger partial charge in [-0.05, 0) is 0 Å². The molecule has 0 aromatic carbocycles. The minimum absolute atomic E-state index is 0.354. The van der Waals surface area contributed by atoms with Crippen LogP contribution in [0.5, 0.6) is 0 Å². The summed E-state index contributed by atoms with van der Waals surface area (Å²) in [6.45, 7) is 0. The smallest absolute Gasteiger partial charge is 0.229 e. The first-order valence-corrected chi connectivity index (χ1v) is 1.93. The quantitative estimate of drug-likeness (QED) is 0.355. The van der Waals surface area contributed by atoms with E-state index in [1.54, 1.807) is 14.1 Å². The van der Waals surface area contributed by atoms with E-state index < -0.39 is 0 Å². The third-order valence-electron chi connectivity index (χ3n) is 0.409. The van der Waals surface area contributed by atoms with Gasteiger partial charge in [0.1, 0.15) is 0 Å². The molecule has 0 saturated heterocycles. The Morgan fingerprint density at radius 3 is 1.71 bits per heavy atom. The fourth-order valence-electron chi connectivity index (χ4n) is 0.155. The van der Waals surface area contributed by atoms with Crippen molar-refractivity contribution in [2.45, 2.75) is 0 Å². The first-order chi connectivity index (χ1) is 3.41. The first-order valence-electron chi connectivity index (χ1n) is 1.93. The normalized spacial score (nSPS) is 11.1. The van der Waals surface area contributed by atoms with Gasteiger partial charge >= 0.3 is 7.55 Å². The third kappa shape index (κ3) is 5.26. The second-order valence-electron chi connectivity index (χ2n) is 0.824. The number of hydrogen-bond donors (Lipinski definition) is 0. The predicted molar refractivity (Wildman–Crippen MR) is 28.7 cm³/mol. The summed E-state index contributed by atoms with van der Waals surface area (Å²) in [7, 11) is 3.56. The molecule has 0 atom stereocenters. The van der Waals surface area contributed by atoms with Crippen LogP contribution in [0.15, 0.2) is 20.3 Å². The van der Waals surface area contributed by atoms with Gasteiger partial charge in [0.2, 0.25) is 0 Å². The fraction of sp³-hybridized carbons (Fsp3) is 1.00. The predicted octanol–water partition coefficient (Wildman–Crippen LogP) is 0.417. The van der Waals surface area contributed by atoms with E-state index >= 15 is 0 Å². The largest absolute Gasteiger partial charge is 0.444 e. The molecule has 0 aliphatic rings. The van der Waals surface area contributed by atoms with Gasteiger partial charge in [-0.1, -0.05) is 0 Å². The van der Waals surface area contributed by atoms with E-state index in [9.17, 15) is 0 Å². The van der Waals surface area contributed by atoms with Gasteiger partial charge in [-0.25, -0.2) is 20.3 Å². The molecule has 0 rings (SSSR count). The molecule has 38 valence electrons. The Balaban J connectivity index is 2.98. The third-order valence-corrected chi connectivity index (χ3v) is 0.409. The van der Waals surface area contributed by atoms with Crippen LogP contribution in [0.3, 0.4) is 0 Å². The minimum Gasteiger partial charge on any atom is -0.229 e. The Morgan fingerprint density at radius 2 is 1.43 bits per heavy atom. The van der Waals surface area contributed by atoms with Gasteiger partial charge in [-0.15, -0.1) is 0 Å². The van der Waals surface area contributed by atoms with Crippen LogP contribution in [0.25, 0.3) is 0 Å². The van der Waals surface area contributed by atoms with Crippen LogP contribution in [-0.2, 0) is 0 Å². The summed E-state index contributed by atoms with van der Waals surface area (Å²) in [6.07, 6.45) is 0. The SMILES string of the molecule is CN=NBN=NC. The summed E-state index contributed by atoms with van der Waals surface area (Å²) in [5, 5.41) is 13.9. The highest BCUT2D eigenvalue weighted by Crippen LogP contribution is 1.68. The standard InChI is InChI=1S/C2H7BN4/c1-4-6-3-7-5-2/h3H,1-2H3. The Kier molecular flexibility index (Phi) is 4.71. The zero-order valence-corrected chi connectivity index (χ0v) is 4.50. The summed E-state index contributed by atoms with van der Waals surface area (Å²) in [5.74, 6) is 0. The van der Waals surface area contributed by atoms with E-state index in [4.69, 9.17) is 0 Å². The molecule has 0 amide bonds. The van der Waals surface area contributed by atoms with Crippen LogP contribution in [-0.4, -0.2) is 21.6 Å². The van der Waals surface area contributed by atoms with Crippen molar-refractivity contribution in [2.75, 3.05) is 14.1 Å². The average Bonchev–Trinajstić information content (AvgIpc) is 1.69. The van der Waals surface area contributed by atoms with E-state index in [1.807, 2.05) is 0 Å². The van der Waals surface area contributed by atoms with Crippen molar-refractivity contribution in [1.82, 2.24) is 0 Å². The molecule has 0 fully saturated rings. The molecular formula is C2H7BN4. The molecule has 0 aromatic heterocycles. The van der Waals surface area contributed by atoms with Gasteiger partial charge in [0.25, 0.3) is 0 Å². The lowest BCUT2D eigenvalue weighted by molar-refractivity contribution is 1.18. The maximum absolute atomic E-state index is 3.53. The van der Waals surface area contributed by atoms with Crippen molar-refractivity contribution >= 4 is 7.55 Å². The maximum Gasteiger partial charge on any atom is 0.444 e. The Labute approximate surface area is 43.0 Å². The lowest BCUT2D eigenvalue weighted by Crippen LogP contribution is -1.72. The molecule has 0 N–H and O–H groups in total. The molecule has 0 aromatic rings. The van der Waals surface area contributed by atoms with Crippen molar-refractivity contribution in [1.29, 1.82) is 0 Å². The van der Waals surface area contributed by atoms with Crippen molar-refractivity contribution in [3.63, 3.8) is 0 Å². The van der Waals surface area contributed by atoms with E-state index in [0.29, 0.717) is 7.55 Å². The molecule has 7 heavy (non-hydrogen) atoms. The topological polar surface area (TPSA) is 49.4 Å². The lowest BCUT2D eigenvalue weighted by Gasteiger charge is -1.70. The van der Waals surface area contributed by atoms with Crippen LogP contribution in [0, 0.1) is 0 Å². The minimum atomic E-state index is 0.354. The van der Waals surface area contributed by atoms with Crippen molar-refractivity contribution in [2.24, 2.45) is 20.3 Å². The summed E-state index contributed by atoms with van der Waals surface area (Å²) in [4.78, 5) is 0. The monoisotopic (exact) mass is 98.1 g/mol. The number of nitrogens with zero attached hydrogens (tertiary/aromatic N) is 4. The van der Waals surface area contributed by atoms with E-state index in [2.05, 4.69) is 20.3 Å². The van der Waals surface area contributed by atoms with E-state index in [-0.39, 0.29) is 0 Å². The second kappa shape index (κ2) is 5.26. The van der Waals surface area contributed by atoms with Crippen LogP contribution >= 0.6 is 0 Å². The van der Waals surface area contributed by atoms with Crippen molar-refractivity contribution in [3.05, 3.63) is 0 Å². The molecule has 0 radical (unpaired) electrons. The molecule has 0 unspecified atom stereocenters. The summed E-state index contributed by atoms with van der Waals surface area (Å²) in [6, 6.07) is 0. The molecule has 0 bridgehead atoms. The number of rotatable bonds is 2. The van der Waals surface area contributed by atoms with Crippen LogP contribution in [0.4, 0.5) is 0 Å². The van der Waals surface area contributed by atoms with Gasteiger partial charge in [-0.2, -0.15) is 0 Å². The van der Waals surface area contributed by atoms with Gasteiger partial charge in [0.05, 0.1) is 0 Å². The molecule has 0 heterocycles. The Hall–Kier alpha value is -0.735. The summed E-state index contributed by atoms with van der Waals surface area (Å²) in [5.41, 5.74) is 0. The average molecular weight is 97.9 g/mol. The highest BCUT2D eigenvalue weighted by molar-refractivity contribution is 6.29.